The quantitative estimate of drug-likeness (QED) is 0.182. The number of Topliss-reactive ketones (excluding diaryl/α,β-unsaturated/α-hetero) is 1. The fourth-order valence-corrected chi connectivity index (χ4v) is 4.45. The van der Waals surface area contributed by atoms with E-state index in [1.54, 1.807) is 0 Å². The molecule has 2 atom stereocenters. The topological polar surface area (TPSA) is 46.2 Å². The van der Waals surface area contributed by atoms with Crippen LogP contribution in [0.15, 0.2) is 30.3 Å². The summed E-state index contributed by atoms with van der Waals surface area (Å²) in [6.45, 7) is 0. The summed E-state index contributed by atoms with van der Waals surface area (Å²) >= 11 is 23.8. The zero-order valence-electron chi connectivity index (χ0n) is 15.7. The van der Waals surface area contributed by atoms with Crippen LogP contribution in [0.25, 0.3) is 0 Å². The summed E-state index contributed by atoms with van der Waals surface area (Å²) in [5, 5.41) is 1.57. The number of ketones is 1. The van der Waals surface area contributed by atoms with E-state index in [4.69, 9.17) is 46.4 Å². The molecule has 1 aliphatic carbocycles. The van der Waals surface area contributed by atoms with Crippen LogP contribution in [-0.2, 0) is 4.79 Å². The van der Waals surface area contributed by atoms with E-state index < -0.39 is 63.5 Å². The Kier molecular flexibility index (Phi) is 7.01. The molecule has 32 heavy (non-hydrogen) atoms. The van der Waals surface area contributed by atoms with Gasteiger partial charge in [0.2, 0.25) is 5.91 Å². The van der Waals surface area contributed by atoms with Gasteiger partial charge in [0.05, 0.1) is 17.4 Å². The second-order valence-electron chi connectivity index (χ2n) is 7.12. The largest absolute Gasteiger partial charge is 0.389 e. The van der Waals surface area contributed by atoms with Crippen molar-refractivity contribution in [2.24, 2.45) is 5.92 Å². The average molecular weight is 535 g/mol. The highest BCUT2D eigenvalue weighted by Gasteiger charge is 2.68. The molecule has 3 rings (SSSR count). The molecular weight excluding hydrogens is 523 g/mol. The van der Waals surface area contributed by atoms with Crippen molar-refractivity contribution in [2.75, 3.05) is 5.32 Å². The van der Waals surface area contributed by atoms with Crippen molar-refractivity contribution in [3.8, 4) is 0 Å². The summed E-state index contributed by atoms with van der Waals surface area (Å²) in [5.74, 6) is -5.89. The molecule has 12 heteroatoms. The minimum absolute atomic E-state index is 0.0437. The fraction of sp³-hybridized carbons (Fsp3) is 0.300. The van der Waals surface area contributed by atoms with Crippen molar-refractivity contribution in [1.29, 1.82) is 0 Å². The smallest absolute Gasteiger partial charge is 0.326 e. The molecule has 0 aromatic heterocycles. The van der Waals surface area contributed by atoms with Gasteiger partial charge in [-0.3, -0.25) is 9.59 Å². The predicted molar refractivity (Wildman–Crippen MR) is 112 cm³/mol. The average Bonchev–Trinajstić information content (AvgIpc) is 3.27. The SMILES string of the molecule is O=C(CCC(F)(F)F)c1cc(NC(=O)C2C(c3ccc(F)c(Cl)c3F)C2(Cl)Cl)ccc1Cl. The van der Waals surface area contributed by atoms with E-state index in [1.807, 2.05) is 0 Å². The molecular formula is C20H12Cl4F5NO2. The molecule has 0 saturated heterocycles. The van der Waals surface area contributed by atoms with Crippen LogP contribution in [0.5, 0.6) is 0 Å². The van der Waals surface area contributed by atoms with Crippen molar-refractivity contribution in [3.05, 3.63) is 63.1 Å². The molecule has 2 aromatic rings. The highest BCUT2D eigenvalue weighted by Crippen LogP contribution is 2.65. The molecule has 2 aromatic carbocycles. The number of alkyl halides is 5. The van der Waals surface area contributed by atoms with Crippen LogP contribution in [0.4, 0.5) is 27.6 Å². The Bertz CT molecular complexity index is 1090. The normalized spacial score (nSPS) is 19.5. The Hall–Kier alpha value is -1.61. The molecule has 3 nitrogen and oxygen atoms in total. The van der Waals surface area contributed by atoms with Crippen LogP contribution < -0.4 is 5.32 Å². The molecule has 1 saturated carbocycles. The van der Waals surface area contributed by atoms with Crippen LogP contribution in [0.1, 0.15) is 34.7 Å². The van der Waals surface area contributed by atoms with Crippen LogP contribution in [0, 0.1) is 17.6 Å². The Balaban J connectivity index is 1.78. The second-order valence-corrected chi connectivity index (χ2v) is 9.35. The van der Waals surface area contributed by atoms with E-state index in [1.165, 1.54) is 12.1 Å². The molecule has 0 aliphatic heterocycles. The number of halogens is 9. The minimum atomic E-state index is -4.52. The molecule has 1 fully saturated rings. The van der Waals surface area contributed by atoms with Gasteiger partial charge in [-0.1, -0.05) is 29.3 Å². The molecule has 1 amide bonds. The Morgan fingerprint density at radius 1 is 1.06 bits per heavy atom. The van der Waals surface area contributed by atoms with Gasteiger partial charge in [-0.25, -0.2) is 8.78 Å². The minimum Gasteiger partial charge on any atom is -0.326 e. The highest BCUT2D eigenvalue weighted by atomic mass is 35.5. The van der Waals surface area contributed by atoms with Gasteiger partial charge in [-0.05, 0) is 29.8 Å². The predicted octanol–water partition coefficient (Wildman–Crippen LogP) is 7.32. The number of benzene rings is 2. The van der Waals surface area contributed by atoms with Crippen molar-refractivity contribution in [2.45, 2.75) is 29.3 Å². The number of anilines is 1. The lowest BCUT2D eigenvalue weighted by molar-refractivity contribution is -0.133. The monoisotopic (exact) mass is 533 g/mol. The number of amides is 1. The van der Waals surface area contributed by atoms with Gasteiger partial charge in [-0.15, -0.1) is 23.2 Å². The second kappa shape index (κ2) is 8.97. The van der Waals surface area contributed by atoms with E-state index in [-0.39, 0.29) is 21.8 Å². The van der Waals surface area contributed by atoms with E-state index in [2.05, 4.69) is 5.32 Å². The maximum absolute atomic E-state index is 14.3. The third-order valence-electron chi connectivity index (χ3n) is 4.91. The number of hydrogen-bond donors (Lipinski definition) is 1. The number of nitrogens with one attached hydrogen (secondary N) is 1. The van der Waals surface area contributed by atoms with Crippen LogP contribution >= 0.6 is 46.4 Å². The van der Waals surface area contributed by atoms with Gasteiger partial charge in [0.25, 0.3) is 0 Å². The van der Waals surface area contributed by atoms with Gasteiger partial charge in [0.15, 0.2) is 5.78 Å². The zero-order chi connectivity index (χ0) is 24.0. The Morgan fingerprint density at radius 2 is 1.72 bits per heavy atom. The highest BCUT2D eigenvalue weighted by molar-refractivity contribution is 6.53. The standard InChI is InChI=1S/C20H12Cl4F5NO2/c21-11-3-1-8(7-10(11)13(31)5-6-19(27,28)29)30-18(32)15-14(20(15,23)24)9-2-4-12(25)16(22)17(9)26/h1-4,7,14-15H,5-6H2,(H,30,32). The molecule has 0 spiro atoms. The lowest BCUT2D eigenvalue weighted by Crippen LogP contribution is -2.17. The summed E-state index contributed by atoms with van der Waals surface area (Å²) in [4.78, 5) is 24.8. The first-order valence-corrected chi connectivity index (χ1v) is 10.5. The van der Waals surface area contributed by atoms with Crippen LogP contribution in [0.2, 0.25) is 10.0 Å². The molecule has 172 valence electrons. The number of rotatable bonds is 6. The fourth-order valence-electron chi connectivity index (χ4n) is 3.25. The van der Waals surface area contributed by atoms with Crippen molar-refractivity contribution in [3.63, 3.8) is 0 Å². The van der Waals surface area contributed by atoms with Crippen molar-refractivity contribution in [1.82, 2.24) is 0 Å². The van der Waals surface area contributed by atoms with Gasteiger partial charge in [0, 0.05) is 23.6 Å². The van der Waals surface area contributed by atoms with Crippen molar-refractivity contribution >= 4 is 63.8 Å². The first-order chi connectivity index (χ1) is 14.7. The third-order valence-corrected chi connectivity index (χ3v) is 6.52. The molecule has 0 heterocycles. The maximum atomic E-state index is 14.3. The summed E-state index contributed by atoms with van der Waals surface area (Å²) in [6, 6.07) is 5.66. The Morgan fingerprint density at radius 3 is 2.34 bits per heavy atom. The summed E-state index contributed by atoms with van der Waals surface area (Å²) in [6.07, 6.45) is -6.66. The first kappa shape index (κ1) is 25.0. The summed E-state index contributed by atoms with van der Waals surface area (Å²) in [7, 11) is 0. The van der Waals surface area contributed by atoms with Gasteiger partial charge < -0.3 is 5.32 Å². The van der Waals surface area contributed by atoms with Gasteiger partial charge >= 0.3 is 6.18 Å². The van der Waals surface area contributed by atoms with Gasteiger partial charge in [-0.2, -0.15) is 13.2 Å². The van der Waals surface area contributed by atoms with Crippen molar-refractivity contribution < 1.29 is 31.5 Å². The van der Waals surface area contributed by atoms with E-state index in [0.29, 0.717) is 0 Å². The number of carbonyl (C=O) groups excluding carboxylic acids is 2. The number of carbonyl (C=O) groups is 2. The summed E-state index contributed by atoms with van der Waals surface area (Å²) in [5.41, 5.74) is -0.316. The molecule has 0 radical (unpaired) electrons. The first-order valence-electron chi connectivity index (χ1n) is 8.95. The molecule has 2 unspecified atom stereocenters. The number of hydrogen-bond acceptors (Lipinski definition) is 2. The van der Waals surface area contributed by atoms with Gasteiger partial charge in [0.1, 0.15) is 21.0 Å². The van der Waals surface area contributed by atoms with E-state index >= 15 is 0 Å². The van der Waals surface area contributed by atoms with E-state index in [9.17, 15) is 31.5 Å². The summed E-state index contributed by atoms with van der Waals surface area (Å²) < 4.78 is 63.2. The zero-order valence-corrected chi connectivity index (χ0v) is 18.7. The lowest BCUT2D eigenvalue weighted by atomic mass is 10.1. The Labute approximate surface area is 198 Å². The maximum Gasteiger partial charge on any atom is 0.389 e. The van der Waals surface area contributed by atoms with E-state index in [0.717, 1.165) is 18.2 Å². The van der Waals surface area contributed by atoms with Crippen LogP contribution in [-0.4, -0.2) is 22.2 Å². The molecule has 1 N–H and O–H groups in total. The lowest BCUT2D eigenvalue weighted by Gasteiger charge is -2.10. The third kappa shape index (κ3) is 5.14. The molecule has 0 bridgehead atoms. The molecule has 1 aliphatic rings. The van der Waals surface area contributed by atoms with Crippen LogP contribution in [0.3, 0.4) is 0 Å².